The highest BCUT2D eigenvalue weighted by Crippen LogP contribution is 2.30. The molecule has 2 aromatic carbocycles. The van der Waals surface area contributed by atoms with Crippen molar-refractivity contribution in [3.63, 3.8) is 0 Å². The minimum atomic E-state index is -0.696. The van der Waals surface area contributed by atoms with E-state index in [2.05, 4.69) is 27.5 Å². The highest BCUT2D eigenvalue weighted by Gasteiger charge is 2.23. The summed E-state index contributed by atoms with van der Waals surface area (Å²) in [5.41, 5.74) is 3.22. The van der Waals surface area contributed by atoms with E-state index in [1.54, 1.807) is 35.3 Å². The molecular weight excluding hydrogens is 473 g/mol. The first-order valence-corrected chi connectivity index (χ1v) is 10.1. The summed E-state index contributed by atoms with van der Waals surface area (Å²) in [7, 11) is 0. The second-order valence-corrected chi connectivity index (χ2v) is 7.30. The SMILES string of the molecule is CCCCC(C(=NNc1ccc([N+](=O)[O-])cc1[N+](=O)[O-])c1ccc(Cl)cc1)n1cncn1.Cl. The molecule has 0 aliphatic carbocycles. The summed E-state index contributed by atoms with van der Waals surface area (Å²) in [5.74, 6) is 0. The molecule has 1 N–H and O–H groups in total. The van der Waals surface area contributed by atoms with Crippen LogP contribution in [0.15, 0.2) is 60.2 Å². The normalized spacial score (nSPS) is 12.0. The Kier molecular flexibility index (Phi) is 9.25. The first-order valence-electron chi connectivity index (χ1n) is 9.77. The Morgan fingerprint density at radius 1 is 1.18 bits per heavy atom. The predicted molar refractivity (Wildman–Crippen MR) is 127 cm³/mol. The van der Waals surface area contributed by atoms with Gasteiger partial charge >= 0.3 is 5.69 Å². The summed E-state index contributed by atoms with van der Waals surface area (Å²) < 4.78 is 1.68. The minimum absolute atomic E-state index is 0. The Balaban J connectivity index is 0.00000385. The largest absolute Gasteiger partial charge is 0.301 e. The van der Waals surface area contributed by atoms with E-state index < -0.39 is 15.5 Å². The van der Waals surface area contributed by atoms with Crippen LogP contribution in [-0.4, -0.2) is 30.3 Å². The van der Waals surface area contributed by atoms with Gasteiger partial charge in [0, 0.05) is 16.7 Å². The number of nitrogens with one attached hydrogen (secondary N) is 1. The number of rotatable bonds is 10. The second-order valence-electron chi connectivity index (χ2n) is 6.86. The van der Waals surface area contributed by atoms with Gasteiger partial charge in [-0.15, -0.1) is 12.4 Å². The molecule has 3 rings (SSSR count). The van der Waals surface area contributed by atoms with Crippen LogP contribution in [0.5, 0.6) is 0 Å². The average Bonchev–Trinajstić information content (AvgIpc) is 3.31. The van der Waals surface area contributed by atoms with Gasteiger partial charge in [-0.2, -0.15) is 10.2 Å². The summed E-state index contributed by atoms with van der Waals surface area (Å²) in [6, 6.07) is 10.1. The van der Waals surface area contributed by atoms with E-state index in [0.717, 1.165) is 24.5 Å². The number of hydrogen-bond donors (Lipinski definition) is 1. The Hall–Kier alpha value is -3.57. The van der Waals surface area contributed by atoms with Crippen molar-refractivity contribution >= 4 is 46.8 Å². The van der Waals surface area contributed by atoms with Gasteiger partial charge in [0.15, 0.2) is 0 Å². The fourth-order valence-corrected chi connectivity index (χ4v) is 3.25. The maximum absolute atomic E-state index is 11.5. The van der Waals surface area contributed by atoms with Crippen LogP contribution in [0.25, 0.3) is 0 Å². The third-order valence-electron chi connectivity index (χ3n) is 4.73. The highest BCUT2D eigenvalue weighted by molar-refractivity contribution is 6.30. The molecule has 0 amide bonds. The molecular formula is C20H21Cl2N7O4. The Morgan fingerprint density at radius 2 is 1.91 bits per heavy atom. The van der Waals surface area contributed by atoms with Gasteiger partial charge in [-0.25, -0.2) is 9.67 Å². The monoisotopic (exact) mass is 493 g/mol. The van der Waals surface area contributed by atoms with Crippen LogP contribution in [0.1, 0.15) is 37.8 Å². The van der Waals surface area contributed by atoms with Crippen LogP contribution in [0.3, 0.4) is 0 Å². The molecule has 174 valence electrons. The predicted octanol–water partition coefficient (Wildman–Crippen LogP) is 5.42. The smallest absolute Gasteiger partial charge is 0.271 e. The standard InChI is InChI=1S/C20H20ClN7O4.ClH/c1-2-3-4-18(26-13-22-12-23-26)20(14-5-7-15(21)8-6-14)25-24-17-10-9-16(27(29)30)11-19(17)28(31)32;/h5-13,18,24H,2-4H2,1H3;1H. The van der Waals surface area contributed by atoms with E-state index in [1.165, 1.54) is 18.5 Å². The van der Waals surface area contributed by atoms with Gasteiger partial charge in [-0.3, -0.25) is 25.7 Å². The molecule has 1 aromatic heterocycles. The lowest BCUT2D eigenvalue weighted by molar-refractivity contribution is -0.393. The molecule has 1 heterocycles. The molecule has 0 aliphatic heterocycles. The fraction of sp³-hybridized carbons (Fsp3) is 0.250. The maximum Gasteiger partial charge on any atom is 0.301 e. The lowest BCUT2D eigenvalue weighted by Crippen LogP contribution is -2.22. The average molecular weight is 494 g/mol. The van der Waals surface area contributed by atoms with Gasteiger partial charge < -0.3 is 0 Å². The van der Waals surface area contributed by atoms with E-state index in [0.29, 0.717) is 17.2 Å². The molecule has 0 saturated carbocycles. The van der Waals surface area contributed by atoms with Crippen LogP contribution < -0.4 is 5.43 Å². The zero-order valence-electron chi connectivity index (χ0n) is 17.5. The summed E-state index contributed by atoms with van der Waals surface area (Å²) in [5, 5.41) is 31.8. The van der Waals surface area contributed by atoms with Crippen LogP contribution in [0.4, 0.5) is 17.1 Å². The number of aromatic nitrogens is 3. The second kappa shape index (κ2) is 11.9. The van der Waals surface area contributed by atoms with E-state index in [4.69, 9.17) is 11.6 Å². The number of nitro groups is 2. The molecule has 13 heteroatoms. The summed E-state index contributed by atoms with van der Waals surface area (Å²) in [6.45, 7) is 2.07. The lowest BCUT2D eigenvalue weighted by atomic mass is 9.99. The zero-order valence-corrected chi connectivity index (χ0v) is 19.1. The molecule has 33 heavy (non-hydrogen) atoms. The molecule has 0 saturated heterocycles. The number of non-ortho nitro benzene ring substituents is 1. The molecule has 0 bridgehead atoms. The van der Waals surface area contributed by atoms with Crippen molar-refractivity contribution < 1.29 is 9.85 Å². The zero-order chi connectivity index (χ0) is 23.1. The van der Waals surface area contributed by atoms with E-state index in [9.17, 15) is 20.2 Å². The van der Waals surface area contributed by atoms with Gasteiger partial charge in [0.1, 0.15) is 18.3 Å². The molecule has 1 atom stereocenters. The van der Waals surface area contributed by atoms with Gasteiger partial charge in [-0.05, 0) is 24.6 Å². The van der Waals surface area contributed by atoms with Crippen LogP contribution >= 0.6 is 24.0 Å². The van der Waals surface area contributed by atoms with Crippen LogP contribution in [-0.2, 0) is 0 Å². The number of anilines is 1. The van der Waals surface area contributed by atoms with E-state index in [1.807, 2.05) is 0 Å². The third-order valence-corrected chi connectivity index (χ3v) is 4.98. The third kappa shape index (κ3) is 6.46. The molecule has 0 aliphatic rings. The molecule has 0 spiro atoms. The highest BCUT2D eigenvalue weighted by atomic mass is 35.5. The van der Waals surface area contributed by atoms with Crippen molar-refractivity contribution in [3.05, 3.63) is 85.9 Å². The first kappa shape index (κ1) is 25.7. The van der Waals surface area contributed by atoms with Crippen molar-refractivity contribution in [1.82, 2.24) is 14.8 Å². The maximum atomic E-state index is 11.5. The van der Waals surface area contributed by atoms with E-state index >= 15 is 0 Å². The van der Waals surface area contributed by atoms with Crippen molar-refractivity contribution in [1.29, 1.82) is 0 Å². The summed E-state index contributed by atoms with van der Waals surface area (Å²) in [4.78, 5) is 25.1. The van der Waals surface area contributed by atoms with Crippen LogP contribution in [0.2, 0.25) is 5.02 Å². The van der Waals surface area contributed by atoms with Gasteiger partial charge in [0.2, 0.25) is 0 Å². The van der Waals surface area contributed by atoms with E-state index in [-0.39, 0.29) is 29.8 Å². The van der Waals surface area contributed by atoms with Crippen molar-refractivity contribution in [3.8, 4) is 0 Å². The Labute approximate surface area is 200 Å². The summed E-state index contributed by atoms with van der Waals surface area (Å²) in [6.07, 6.45) is 5.54. The fourth-order valence-electron chi connectivity index (χ4n) is 3.12. The van der Waals surface area contributed by atoms with Gasteiger partial charge in [-0.1, -0.05) is 43.5 Å². The minimum Gasteiger partial charge on any atom is -0.271 e. The number of halogens is 2. The molecule has 0 radical (unpaired) electrons. The van der Waals surface area contributed by atoms with Crippen molar-refractivity contribution in [2.24, 2.45) is 5.10 Å². The summed E-state index contributed by atoms with van der Waals surface area (Å²) >= 11 is 6.03. The Morgan fingerprint density at radius 3 is 2.48 bits per heavy atom. The van der Waals surface area contributed by atoms with Crippen molar-refractivity contribution in [2.45, 2.75) is 32.2 Å². The Bertz CT molecular complexity index is 1120. The van der Waals surface area contributed by atoms with Gasteiger partial charge in [0.25, 0.3) is 5.69 Å². The number of nitrogens with zero attached hydrogens (tertiary/aromatic N) is 6. The number of hydrazone groups is 1. The van der Waals surface area contributed by atoms with Gasteiger partial charge in [0.05, 0.1) is 27.7 Å². The van der Waals surface area contributed by atoms with Crippen molar-refractivity contribution in [2.75, 3.05) is 5.43 Å². The molecule has 0 fully saturated rings. The number of unbranched alkanes of at least 4 members (excludes halogenated alkanes) is 1. The molecule has 1 unspecified atom stereocenters. The first-order chi connectivity index (χ1) is 15.4. The molecule has 11 nitrogen and oxygen atoms in total. The quantitative estimate of drug-likeness (QED) is 0.225. The van der Waals surface area contributed by atoms with Crippen LogP contribution in [0, 0.1) is 20.2 Å². The number of nitro benzene ring substituents is 2. The topological polar surface area (TPSA) is 141 Å². The number of hydrogen-bond acceptors (Lipinski definition) is 8. The number of benzene rings is 2. The lowest BCUT2D eigenvalue weighted by Gasteiger charge is -2.20. The molecule has 3 aromatic rings.